The van der Waals surface area contributed by atoms with E-state index in [-0.39, 0.29) is 12.0 Å². The van der Waals surface area contributed by atoms with E-state index in [1.165, 1.54) is 25.7 Å². The number of rotatable bonds is 5. The van der Waals surface area contributed by atoms with E-state index in [9.17, 15) is 4.79 Å². The number of hydrogen-bond acceptors (Lipinski definition) is 4. The first kappa shape index (κ1) is 16.0. The second kappa shape index (κ2) is 7.59. The van der Waals surface area contributed by atoms with Crippen LogP contribution in [-0.2, 0) is 16.6 Å². The molecule has 0 radical (unpaired) electrons. The SMILES string of the molecule is CCOC(=O)CC(c1cnn(C)c1C)N1CCCCCC1. The van der Waals surface area contributed by atoms with Crippen molar-refractivity contribution in [2.24, 2.45) is 7.05 Å². The molecule has 5 nitrogen and oxygen atoms in total. The Morgan fingerprint density at radius 1 is 1.33 bits per heavy atom. The summed E-state index contributed by atoms with van der Waals surface area (Å²) >= 11 is 0. The van der Waals surface area contributed by atoms with E-state index >= 15 is 0 Å². The van der Waals surface area contributed by atoms with Crippen LogP contribution in [-0.4, -0.2) is 40.3 Å². The van der Waals surface area contributed by atoms with Crippen molar-refractivity contribution in [1.29, 1.82) is 0 Å². The maximum Gasteiger partial charge on any atom is 0.307 e. The van der Waals surface area contributed by atoms with Crippen molar-refractivity contribution in [1.82, 2.24) is 14.7 Å². The standard InChI is InChI=1S/C16H27N3O2/c1-4-21-16(20)11-15(14-12-17-18(3)13(14)2)19-9-7-5-6-8-10-19/h12,15H,4-11H2,1-3H3. The van der Waals surface area contributed by atoms with Gasteiger partial charge in [-0.2, -0.15) is 5.10 Å². The van der Waals surface area contributed by atoms with E-state index in [0.29, 0.717) is 13.0 Å². The third-order valence-corrected chi connectivity index (χ3v) is 4.38. The number of carbonyl (C=O) groups excluding carboxylic acids is 1. The smallest absolute Gasteiger partial charge is 0.307 e. The van der Waals surface area contributed by atoms with Crippen molar-refractivity contribution < 1.29 is 9.53 Å². The molecule has 0 amide bonds. The molecule has 118 valence electrons. The molecular formula is C16H27N3O2. The molecule has 0 N–H and O–H groups in total. The van der Waals surface area contributed by atoms with Crippen molar-refractivity contribution in [3.05, 3.63) is 17.5 Å². The highest BCUT2D eigenvalue weighted by atomic mass is 16.5. The summed E-state index contributed by atoms with van der Waals surface area (Å²) in [4.78, 5) is 14.4. The lowest BCUT2D eigenvalue weighted by molar-refractivity contribution is -0.144. The van der Waals surface area contributed by atoms with Crippen molar-refractivity contribution in [3.8, 4) is 0 Å². The van der Waals surface area contributed by atoms with Crippen LogP contribution in [0.5, 0.6) is 0 Å². The van der Waals surface area contributed by atoms with Crippen LogP contribution >= 0.6 is 0 Å². The van der Waals surface area contributed by atoms with Crippen LogP contribution in [0.2, 0.25) is 0 Å². The van der Waals surface area contributed by atoms with E-state index in [4.69, 9.17) is 4.74 Å². The molecule has 0 saturated carbocycles. The van der Waals surface area contributed by atoms with Crippen LogP contribution in [0, 0.1) is 6.92 Å². The van der Waals surface area contributed by atoms with E-state index in [1.807, 2.05) is 24.9 Å². The molecule has 0 aromatic carbocycles. The highest BCUT2D eigenvalue weighted by Crippen LogP contribution is 2.29. The van der Waals surface area contributed by atoms with E-state index in [2.05, 4.69) is 16.9 Å². The summed E-state index contributed by atoms with van der Waals surface area (Å²) in [7, 11) is 1.95. The Morgan fingerprint density at radius 2 is 2.00 bits per heavy atom. The number of ether oxygens (including phenoxy) is 1. The van der Waals surface area contributed by atoms with Gasteiger partial charge in [-0.3, -0.25) is 14.4 Å². The summed E-state index contributed by atoms with van der Waals surface area (Å²) in [6.45, 7) is 6.47. The van der Waals surface area contributed by atoms with Gasteiger partial charge in [0, 0.05) is 24.3 Å². The van der Waals surface area contributed by atoms with Crippen LogP contribution in [0.25, 0.3) is 0 Å². The van der Waals surface area contributed by atoms with Crippen LogP contribution in [0.3, 0.4) is 0 Å². The zero-order valence-corrected chi connectivity index (χ0v) is 13.5. The first-order valence-electron chi connectivity index (χ1n) is 8.01. The predicted molar refractivity (Wildman–Crippen MR) is 82.0 cm³/mol. The number of esters is 1. The second-order valence-electron chi connectivity index (χ2n) is 5.78. The summed E-state index contributed by atoms with van der Waals surface area (Å²) in [5.41, 5.74) is 2.29. The molecule has 0 spiro atoms. The molecule has 0 bridgehead atoms. The topological polar surface area (TPSA) is 47.4 Å². The van der Waals surface area contributed by atoms with Crippen molar-refractivity contribution in [2.75, 3.05) is 19.7 Å². The Morgan fingerprint density at radius 3 is 2.52 bits per heavy atom. The van der Waals surface area contributed by atoms with Crippen LogP contribution in [0.1, 0.15) is 56.3 Å². The number of aromatic nitrogens is 2. The lowest BCUT2D eigenvalue weighted by Crippen LogP contribution is -2.32. The molecule has 2 rings (SSSR count). The third-order valence-electron chi connectivity index (χ3n) is 4.38. The maximum absolute atomic E-state index is 12.0. The average molecular weight is 293 g/mol. The molecule has 1 unspecified atom stereocenters. The Labute approximate surface area is 127 Å². The number of carbonyl (C=O) groups is 1. The average Bonchev–Trinajstić information content (AvgIpc) is 2.70. The number of nitrogens with zero attached hydrogens (tertiary/aromatic N) is 3. The fourth-order valence-electron chi connectivity index (χ4n) is 3.06. The summed E-state index contributed by atoms with van der Waals surface area (Å²) in [6.07, 6.45) is 7.31. The van der Waals surface area contributed by atoms with E-state index in [0.717, 1.165) is 24.3 Å². The summed E-state index contributed by atoms with van der Waals surface area (Å²) in [6, 6.07) is 0.0934. The molecule has 5 heteroatoms. The fraction of sp³-hybridized carbons (Fsp3) is 0.750. The molecule has 21 heavy (non-hydrogen) atoms. The van der Waals surface area contributed by atoms with Gasteiger partial charge in [0.1, 0.15) is 0 Å². The molecular weight excluding hydrogens is 266 g/mol. The van der Waals surface area contributed by atoms with Gasteiger partial charge in [0.05, 0.1) is 19.2 Å². The van der Waals surface area contributed by atoms with Crippen molar-refractivity contribution in [3.63, 3.8) is 0 Å². The quantitative estimate of drug-likeness (QED) is 0.783. The normalized spacial score (nSPS) is 18.2. The van der Waals surface area contributed by atoms with Gasteiger partial charge in [-0.25, -0.2) is 0 Å². The lowest BCUT2D eigenvalue weighted by atomic mass is 10.0. The summed E-state index contributed by atoms with van der Waals surface area (Å²) in [5.74, 6) is -0.116. The van der Waals surface area contributed by atoms with Crippen molar-refractivity contribution >= 4 is 5.97 Å². The van der Waals surface area contributed by atoms with Gasteiger partial charge in [0.25, 0.3) is 0 Å². The fourth-order valence-corrected chi connectivity index (χ4v) is 3.06. The summed E-state index contributed by atoms with van der Waals surface area (Å²) < 4.78 is 7.05. The zero-order chi connectivity index (χ0) is 15.2. The van der Waals surface area contributed by atoms with E-state index in [1.54, 1.807) is 0 Å². The molecule has 1 aromatic heterocycles. The Bertz CT molecular complexity index is 462. The minimum absolute atomic E-state index is 0.0934. The number of hydrogen-bond donors (Lipinski definition) is 0. The predicted octanol–water partition coefficient (Wildman–Crippen LogP) is 2.60. The minimum Gasteiger partial charge on any atom is -0.466 e. The highest BCUT2D eigenvalue weighted by Gasteiger charge is 2.27. The highest BCUT2D eigenvalue weighted by molar-refractivity contribution is 5.70. The largest absolute Gasteiger partial charge is 0.466 e. The Balaban J connectivity index is 2.20. The number of aryl methyl sites for hydroxylation is 1. The minimum atomic E-state index is -0.116. The Kier molecular flexibility index (Phi) is 5.79. The summed E-state index contributed by atoms with van der Waals surface area (Å²) in [5, 5.41) is 4.35. The lowest BCUT2D eigenvalue weighted by Gasteiger charge is -2.30. The first-order valence-corrected chi connectivity index (χ1v) is 8.01. The van der Waals surface area contributed by atoms with Gasteiger partial charge in [-0.15, -0.1) is 0 Å². The molecule has 0 aliphatic carbocycles. The number of likely N-dealkylation sites (tertiary alicyclic amines) is 1. The molecule has 1 atom stereocenters. The van der Waals surface area contributed by atoms with E-state index < -0.39 is 0 Å². The van der Waals surface area contributed by atoms with Gasteiger partial charge >= 0.3 is 5.97 Å². The van der Waals surface area contributed by atoms with Gasteiger partial charge in [0.15, 0.2) is 0 Å². The van der Waals surface area contributed by atoms with Crippen LogP contribution in [0.4, 0.5) is 0 Å². The first-order chi connectivity index (χ1) is 10.1. The molecule has 2 heterocycles. The molecule has 1 aromatic rings. The molecule has 1 fully saturated rings. The second-order valence-corrected chi connectivity index (χ2v) is 5.78. The van der Waals surface area contributed by atoms with Crippen molar-refractivity contribution in [2.45, 2.75) is 52.0 Å². The molecule has 1 saturated heterocycles. The van der Waals surface area contributed by atoms with Gasteiger partial charge in [0.2, 0.25) is 0 Å². The van der Waals surface area contributed by atoms with Gasteiger partial charge in [-0.05, 0) is 39.8 Å². The van der Waals surface area contributed by atoms with Crippen LogP contribution in [0.15, 0.2) is 6.20 Å². The van der Waals surface area contributed by atoms with Gasteiger partial charge in [-0.1, -0.05) is 12.8 Å². The van der Waals surface area contributed by atoms with Crippen LogP contribution < -0.4 is 0 Å². The van der Waals surface area contributed by atoms with Gasteiger partial charge < -0.3 is 4.74 Å². The zero-order valence-electron chi connectivity index (χ0n) is 13.5. The maximum atomic E-state index is 12.0. The monoisotopic (exact) mass is 293 g/mol. The molecule has 1 aliphatic heterocycles. The molecule has 1 aliphatic rings. The third kappa shape index (κ3) is 4.06. The Hall–Kier alpha value is -1.36.